The van der Waals surface area contributed by atoms with Gasteiger partial charge in [0.05, 0.1) is 0 Å². The molecule has 0 spiro atoms. The van der Waals surface area contributed by atoms with E-state index in [1.54, 1.807) is 0 Å². The molecule has 1 aromatic heterocycles. The van der Waals surface area contributed by atoms with Gasteiger partial charge in [-0.25, -0.2) is 0 Å². The fraction of sp³-hybridized carbons (Fsp3) is 0.700. The van der Waals surface area contributed by atoms with Crippen LogP contribution < -0.4 is 0 Å². The van der Waals surface area contributed by atoms with Crippen LogP contribution in [0.5, 0.6) is 0 Å². The molecule has 1 heterocycles. The Kier molecular flexibility index (Phi) is 3.48. The van der Waals surface area contributed by atoms with Crippen LogP contribution in [0.3, 0.4) is 0 Å². The number of carboxylic acids is 1. The molecule has 0 aromatic carbocycles. The Hall–Kier alpha value is -1.04. The smallest absolute Gasteiger partial charge is 0.314 e. The number of aromatic nitrogens is 2. The van der Waals surface area contributed by atoms with Gasteiger partial charge in [0.15, 0.2) is 5.82 Å². The molecule has 0 radical (unpaired) electrons. The van der Waals surface area contributed by atoms with E-state index in [4.69, 9.17) is 9.63 Å². The summed E-state index contributed by atoms with van der Waals surface area (Å²) in [4.78, 5) is 14.6. The van der Waals surface area contributed by atoms with Gasteiger partial charge in [0, 0.05) is 5.92 Å². The van der Waals surface area contributed by atoms with Gasteiger partial charge in [0.25, 0.3) is 5.22 Å². The summed E-state index contributed by atoms with van der Waals surface area (Å²) in [5, 5.41) is 12.8. The van der Waals surface area contributed by atoms with Gasteiger partial charge in [-0.05, 0) is 25.2 Å². The monoisotopic (exact) mass is 242 g/mol. The third-order valence-corrected chi connectivity index (χ3v) is 3.61. The molecule has 0 bridgehead atoms. The lowest BCUT2D eigenvalue weighted by Crippen LogP contribution is -1.98. The normalized spacial score (nSPS) is 24.8. The molecular weight excluding hydrogens is 228 g/mol. The Morgan fingerprint density at radius 3 is 3.06 bits per heavy atom. The summed E-state index contributed by atoms with van der Waals surface area (Å²) in [7, 11) is 0. The topological polar surface area (TPSA) is 76.2 Å². The van der Waals surface area contributed by atoms with Crippen LogP contribution in [0, 0.1) is 5.92 Å². The molecule has 2 unspecified atom stereocenters. The Morgan fingerprint density at radius 1 is 1.62 bits per heavy atom. The fourth-order valence-corrected chi connectivity index (χ4v) is 2.50. The maximum absolute atomic E-state index is 10.4. The summed E-state index contributed by atoms with van der Waals surface area (Å²) >= 11 is 1.07. The van der Waals surface area contributed by atoms with Gasteiger partial charge in [-0.15, -0.1) is 0 Å². The third-order valence-electron chi connectivity index (χ3n) is 2.80. The quantitative estimate of drug-likeness (QED) is 0.815. The minimum absolute atomic E-state index is 0.0390. The average molecular weight is 242 g/mol. The van der Waals surface area contributed by atoms with E-state index in [0.717, 1.165) is 36.3 Å². The molecule has 88 valence electrons. The highest BCUT2D eigenvalue weighted by molar-refractivity contribution is 7.99. The molecule has 1 aliphatic carbocycles. The minimum atomic E-state index is -0.876. The Morgan fingerprint density at radius 2 is 2.44 bits per heavy atom. The predicted octanol–water partition coefficient (Wildman–Crippen LogP) is 2.15. The third kappa shape index (κ3) is 2.75. The molecule has 0 amide bonds. The number of aliphatic carboxylic acids is 1. The molecule has 16 heavy (non-hydrogen) atoms. The zero-order chi connectivity index (χ0) is 11.5. The number of rotatable bonds is 4. The van der Waals surface area contributed by atoms with E-state index >= 15 is 0 Å². The van der Waals surface area contributed by atoms with E-state index in [1.165, 1.54) is 6.42 Å². The molecule has 2 rings (SSSR count). The van der Waals surface area contributed by atoms with Gasteiger partial charge in [0.2, 0.25) is 0 Å². The zero-order valence-electron chi connectivity index (χ0n) is 9.05. The van der Waals surface area contributed by atoms with Crippen molar-refractivity contribution in [2.75, 3.05) is 5.75 Å². The first kappa shape index (κ1) is 11.4. The molecule has 1 aromatic rings. The molecule has 0 saturated heterocycles. The number of nitrogens with zero attached hydrogens (tertiary/aromatic N) is 2. The van der Waals surface area contributed by atoms with Crippen molar-refractivity contribution in [2.24, 2.45) is 5.92 Å². The lowest BCUT2D eigenvalue weighted by Gasteiger charge is -2.01. The van der Waals surface area contributed by atoms with E-state index in [2.05, 4.69) is 17.1 Å². The standard InChI is InChI=1S/C10H14N2O3S/c1-6-2-3-7(4-6)9-11-10(15-12-9)16-5-8(13)14/h6-7H,2-5H2,1H3,(H,13,14). The van der Waals surface area contributed by atoms with Crippen LogP contribution in [0.15, 0.2) is 9.75 Å². The van der Waals surface area contributed by atoms with Crippen molar-refractivity contribution in [3.05, 3.63) is 5.82 Å². The van der Waals surface area contributed by atoms with Crippen molar-refractivity contribution in [1.82, 2.24) is 10.1 Å². The maximum atomic E-state index is 10.4. The van der Waals surface area contributed by atoms with Crippen LogP contribution in [0.4, 0.5) is 0 Å². The summed E-state index contributed by atoms with van der Waals surface area (Å²) < 4.78 is 5.00. The van der Waals surface area contributed by atoms with Crippen LogP contribution in [-0.4, -0.2) is 27.0 Å². The molecule has 2 atom stereocenters. The number of hydrogen-bond acceptors (Lipinski definition) is 5. The van der Waals surface area contributed by atoms with Crippen LogP contribution in [-0.2, 0) is 4.79 Å². The number of thioether (sulfide) groups is 1. The van der Waals surface area contributed by atoms with Gasteiger partial charge in [-0.1, -0.05) is 23.8 Å². The van der Waals surface area contributed by atoms with Crippen LogP contribution in [0.2, 0.25) is 0 Å². The number of carboxylic acid groups (broad SMARTS) is 1. The summed E-state index contributed by atoms with van der Waals surface area (Å²) in [6.07, 6.45) is 3.41. The van der Waals surface area contributed by atoms with E-state index in [1.807, 2.05) is 0 Å². The lowest BCUT2D eigenvalue weighted by atomic mass is 10.1. The molecule has 5 nitrogen and oxygen atoms in total. The highest BCUT2D eigenvalue weighted by Crippen LogP contribution is 2.36. The molecule has 0 aliphatic heterocycles. The predicted molar refractivity (Wildman–Crippen MR) is 58.4 cm³/mol. The van der Waals surface area contributed by atoms with Crippen molar-refractivity contribution in [2.45, 2.75) is 37.3 Å². The molecule has 6 heteroatoms. The summed E-state index contributed by atoms with van der Waals surface area (Å²) in [6, 6.07) is 0. The second-order valence-electron chi connectivity index (χ2n) is 4.22. The SMILES string of the molecule is CC1CCC(c2noc(SCC(=O)O)n2)C1. The van der Waals surface area contributed by atoms with Crippen molar-refractivity contribution in [1.29, 1.82) is 0 Å². The molecule has 1 saturated carbocycles. The molecule has 1 fully saturated rings. The van der Waals surface area contributed by atoms with Gasteiger partial charge in [-0.3, -0.25) is 4.79 Å². The lowest BCUT2D eigenvalue weighted by molar-refractivity contribution is -0.133. The Balaban J connectivity index is 1.94. The highest BCUT2D eigenvalue weighted by Gasteiger charge is 2.26. The van der Waals surface area contributed by atoms with E-state index in [9.17, 15) is 4.79 Å². The van der Waals surface area contributed by atoms with Gasteiger partial charge in [0.1, 0.15) is 5.75 Å². The Bertz CT molecular complexity index is 380. The molecule has 1 N–H and O–H groups in total. The summed E-state index contributed by atoms with van der Waals surface area (Å²) in [5.74, 6) is 0.927. The first-order valence-electron chi connectivity index (χ1n) is 5.33. The molecular formula is C10H14N2O3S. The average Bonchev–Trinajstić information content (AvgIpc) is 2.83. The fourth-order valence-electron chi connectivity index (χ4n) is 2.01. The van der Waals surface area contributed by atoms with Gasteiger partial charge in [-0.2, -0.15) is 4.98 Å². The van der Waals surface area contributed by atoms with Gasteiger partial charge < -0.3 is 9.63 Å². The summed E-state index contributed by atoms with van der Waals surface area (Å²) in [5.41, 5.74) is 0. The number of carbonyl (C=O) groups is 1. The summed E-state index contributed by atoms with van der Waals surface area (Å²) in [6.45, 7) is 2.22. The minimum Gasteiger partial charge on any atom is -0.481 e. The zero-order valence-corrected chi connectivity index (χ0v) is 9.87. The second kappa shape index (κ2) is 4.86. The van der Waals surface area contributed by atoms with Crippen molar-refractivity contribution >= 4 is 17.7 Å². The van der Waals surface area contributed by atoms with Crippen molar-refractivity contribution in [3.8, 4) is 0 Å². The van der Waals surface area contributed by atoms with Crippen molar-refractivity contribution in [3.63, 3.8) is 0 Å². The first-order valence-corrected chi connectivity index (χ1v) is 6.32. The van der Waals surface area contributed by atoms with Gasteiger partial charge >= 0.3 is 5.97 Å². The van der Waals surface area contributed by atoms with Crippen LogP contribution in [0.25, 0.3) is 0 Å². The Labute approximate surface area is 97.6 Å². The van der Waals surface area contributed by atoms with E-state index < -0.39 is 5.97 Å². The second-order valence-corrected chi connectivity index (χ2v) is 5.14. The number of hydrogen-bond donors (Lipinski definition) is 1. The van der Waals surface area contributed by atoms with Crippen LogP contribution >= 0.6 is 11.8 Å². The van der Waals surface area contributed by atoms with E-state index in [0.29, 0.717) is 11.1 Å². The highest BCUT2D eigenvalue weighted by atomic mass is 32.2. The maximum Gasteiger partial charge on any atom is 0.314 e. The molecule has 1 aliphatic rings. The van der Waals surface area contributed by atoms with E-state index in [-0.39, 0.29) is 5.75 Å². The first-order chi connectivity index (χ1) is 7.65. The largest absolute Gasteiger partial charge is 0.481 e. The van der Waals surface area contributed by atoms with Crippen molar-refractivity contribution < 1.29 is 14.4 Å². The van der Waals surface area contributed by atoms with Crippen LogP contribution in [0.1, 0.15) is 37.9 Å².